The average Bonchev–Trinajstić information content (AvgIpc) is 2.70. The van der Waals surface area contributed by atoms with E-state index in [1.54, 1.807) is 6.92 Å². The third-order valence-electron chi connectivity index (χ3n) is 2.43. The van der Waals surface area contributed by atoms with Crippen molar-refractivity contribution in [2.45, 2.75) is 12.8 Å². The molecule has 2 rings (SSSR count). The molecule has 3 nitrogen and oxygen atoms in total. The van der Waals surface area contributed by atoms with Crippen LogP contribution in [0.25, 0.3) is 11.0 Å². The minimum atomic E-state index is -0.359. The molecule has 0 fully saturated rings. The fourth-order valence-electron chi connectivity index (χ4n) is 1.51. The Hall–Kier alpha value is -1.77. The maximum Gasteiger partial charge on any atom is 0.316 e. The van der Waals surface area contributed by atoms with Crippen LogP contribution in [0.5, 0.6) is 0 Å². The molecule has 2 aromatic rings. The first kappa shape index (κ1) is 9.77. The van der Waals surface area contributed by atoms with Gasteiger partial charge >= 0.3 is 5.97 Å². The second-order valence-electron chi connectivity index (χ2n) is 3.43. The molecule has 0 aliphatic carbocycles. The van der Waals surface area contributed by atoms with E-state index in [0.29, 0.717) is 5.76 Å². The quantitative estimate of drug-likeness (QED) is 0.706. The average molecular weight is 204 g/mol. The smallest absolute Gasteiger partial charge is 0.316 e. The van der Waals surface area contributed by atoms with Crippen LogP contribution in [-0.2, 0) is 9.53 Å². The van der Waals surface area contributed by atoms with Crippen molar-refractivity contribution in [3.8, 4) is 0 Å². The molecule has 0 radical (unpaired) electrons. The van der Waals surface area contributed by atoms with Gasteiger partial charge in [0.05, 0.1) is 7.11 Å². The van der Waals surface area contributed by atoms with E-state index in [2.05, 4.69) is 4.74 Å². The minimum Gasteiger partial charge on any atom is -0.468 e. The topological polar surface area (TPSA) is 39.4 Å². The van der Waals surface area contributed by atoms with Gasteiger partial charge in [-0.1, -0.05) is 18.2 Å². The van der Waals surface area contributed by atoms with E-state index >= 15 is 0 Å². The monoisotopic (exact) mass is 204 g/mol. The van der Waals surface area contributed by atoms with Crippen molar-refractivity contribution in [1.29, 1.82) is 0 Å². The number of carbonyl (C=O) groups excluding carboxylic acids is 1. The molecule has 1 heterocycles. The number of esters is 1. The summed E-state index contributed by atoms with van der Waals surface area (Å²) in [7, 11) is 1.38. The van der Waals surface area contributed by atoms with Crippen LogP contribution in [0, 0.1) is 0 Å². The van der Waals surface area contributed by atoms with Crippen LogP contribution in [0.1, 0.15) is 18.6 Å². The first-order chi connectivity index (χ1) is 7.22. The van der Waals surface area contributed by atoms with E-state index in [0.717, 1.165) is 11.0 Å². The highest BCUT2D eigenvalue weighted by Crippen LogP contribution is 2.25. The number of furan rings is 1. The van der Waals surface area contributed by atoms with Crippen molar-refractivity contribution in [1.82, 2.24) is 0 Å². The lowest BCUT2D eigenvalue weighted by Crippen LogP contribution is -2.09. The number of benzene rings is 1. The van der Waals surface area contributed by atoms with Crippen LogP contribution >= 0.6 is 0 Å². The Morgan fingerprint density at radius 3 is 2.80 bits per heavy atom. The molecule has 0 bridgehead atoms. The third kappa shape index (κ3) is 1.73. The van der Waals surface area contributed by atoms with Crippen molar-refractivity contribution >= 4 is 16.9 Å². The predicted molar refractivity (Wildman–Crippen MR) is 56.6 cm³/mol. The molecule has 15 heavy (non-hydrogen) atoms. The van der Waals surface area contributed by atoms with E-state index in [-0.39, 0.29) is 11.9 Å². The summed E-state index contributed by atoms with van der Waals surface area (Å²) in [6, 6.07) is 9.54. The van der Waals surface area contributed by atoms with Crippen molar-refractivity contribution in [3.05, 3.63) is 36.1 Å². The van der Waals surface area contributed by atoms with Gasteiger partial charge in [-0.15, -0.1) is 0 Å². The van der Waals surface area contributed by atoms with Crippen molar-refractivity contribution in [2.75, 3.05) is 7.11 Å². The molecule has 3 heteroatoms. The number of hydrogen-bond acceptors (Lipinski definition) is 3. The summed E-state index contributed by atoms with van der Waals surface area (Å²) in [6.45, 7) is 1.77. The third-order valence-corrected chi connectivity index (χ3v) is 2.43. The van der Waals surface area contributed by atoms with Gasteiger partial charge in [0.15, 0.2) is 0 Å². The number of hydrogen-bond donors (Lipinski definition) is 0. The van der Waals surface area contributed by atoms with E-state index in [9.17, 15) is 4.79 Å². The summed E-state index contributed by atoms with van der Waals surface area (Å²) in [6.07, 6.45) is 0. The number of methoxy groups -OCH3 is 1. The van der Waals surface area contributed by atoms with Gasteiger partial charge in [-0.25, -0.2) is 0 Å². The lowest BCUT2D eigenvalue weighted by atomic mass is 10.1. The molecular weight excluding hydrogens is 192 g/mol. The van der Waals surface area contributed by atoms with Crippen LogP contribution in [0.4, 0.5) is 0 Å². The Labute approximate surface area is 87.6 Å². The maximum absolute atomic E-state index is 11.3. The normalized spacial score (nSPS) is 12.7. The fraction of sp³-hybridized carbons (Fsp3) is 0.250. The van der Waals surface area contributed by atoms with Crippen LogP contribution in [-0.4, -0.2) is 13.1 Å². The highest BCUT2D eigenvalue weighted by Gasteiger charge is 2.19. The van der Waals surface area contributed by atoms with Crippen LogP contribution in [0.2, 0.25) is 0 Å². The van der Waals surface area contributed by atoms with Gasteiger partial charge in [-0.2, -0.15) is 0 Å². The van der Waals surface area contributed by atoms with Gasteiger partial charge in [-0.05, 0) is 19.1 Å². The van der Waals surface area contributed by atoms with Crippen molar-refractivity contribution in [2.24, 2.45) is 0 Å². The first-order valence-corrected chi connectivity index (χ1v) is 4.78. The minimum absolute atomic E-state index is 0.283. The molecule has 1 aromatic carbocycles. The van der Waals surface area contributed by atoms with Crippen LogP contribution < -0.4 is 0 Å². The van der Waals surface area contributed by atoms with E-state index in [1.165, 1.54) is 7.11 Å². The van der Waals surface area contributed by atoms with Gasteiger partial charge in [-0.3, -0.25) is 4.79 Å². The van der Waals surface area contributed by atoms with Crippen LogP contribution in [0.15, 0.2) is 34.7 Å². The standard InChI is InChI=1S/C12H12O3/c1-8(12(13)14-2)11-7-9-5-3-4-6-10(9)15-11/h3-8H,1-2H3. The molecular formula is C12H12O3. The maximum atomic E-state index is 11.3. The van der Waals surface area contributed by atoms with Gasteiger partial charge in [0.1, 0.15) is 17.3 Å². The Balaban J connectivity index is 2.40. The van der Waals surface area contributed by atoms with E-state index in [1.807, 2.05) is 30.3 Å². The fourth-order valence-corrected chi connectivity index (χ4v) is 1.51. The SMILES string of the molecule is COC(=O)C(C)c1cc2ccccc2o1. The number of rotatable bonds is 2. The molecule has 0 spiro atoms. The lowest BCUT2D eigenvalue weighted by molar-refractivity contribution is -0.142. The van der Waals surface area contributed by atoms with Gasteiger partial charge in [0.25, 0.3) is 0 Å². The summed E-state index contributed by atoms with van der Waals surface area (Å²) < 4.78 is 10.2. The Morgan fingerprint density at radius 2 is 2.13 bits per heavy atom. The Bertz CT molecular complexity index is 451. The number of carbonyl (C=O) groups is 1. The Kier molecular flexibility index (Phi) is 2.46. The molecule has 1 atom stereocenters. The van der Waals surface area contributed by atoms with Crippen LogP contribution in [0.3, 0.4) is 0 Å². The summed E-state index contributed by atoms with van der Waals surface area (Å²) in [5.41, 5.74) is 0.795. The highest BCUT2D eigenvalue weighted by molar-refractivity contribution is 5.82. The summed E-state index contributed by atoms with van der Waals surface area (Å²) in [5, 5.41) is 1.00. The van der Waals surface area contributed by atoms with Crippen molar-refractivity contribution in [3.63, 3.8) is 0 Å². The molecule has 78 valence electrons. The number of ether oxygens (including phenoxy) is 1. The molecule has 1 aromatic heterocycles. The van der Waals surface area contributed by atoms with E-state index in [4.69, 9.17) is 4.42 Å². The molecule has 0 aliphatic heterocycles. The lowest BCUT2D eigenvalue weighted by Gasteiger charge is -2.04. The molecule has 1 unspecified atom stereocenters. The predicted octanol–water partition coefficient (Wildman–Crippen LogP) is 2.71. The van der Waals surface area contributed by atoms with Crippen molar-refractivity contribution < 1.29 is 13.9 Å². The number of fused-ring (bicyclic) bond motifs is 1. The molecule has 0 N–H and O–H groups in total. The molecule has 0 amide bonds. The zero-order chi connectivity index (χ0) is 10.8. The Morgan fingerprint density at radius 1 is 1.40 bits per heavy atom. The zero-order valence-electron chi connectivity index (χ0n) is 8.69. The largest absolute Gasteiger partial charge is 0.468 e. The van der Waals surface area contributed by atoms with Gasteiger partial charge in [0, 0.05) is 5.39 Å². The zero-order valence-corrected chi connectivity index (χ0v) is 8.69. The second-order valence-corrected chi connectivity index (χ2v) is 3.43. The van der Waals surface area contributed by atoms with Gasteiger partial charge < -0.3 is 9.15 Å². The molecule has 0 saturated heterocycles. The number of para-hydroxylation sites is 1. The second kappa shape index (κ2) is 3.77. The summed E-state index contributed by atoms with van der Waals surface area (Å²) in [4.78, 5) is 11.3. The van der Waals surface area contributed by atoms with Gasteiger partial charge in [0.2, 0.25) is 0 Å². The summed E-state index contributed by atoms with van der Waals surface area (Å²) in [5.74, 6) is -0.000457. The first-order valence-electron chi connectivity index (χ1n) is 4.78. The van der Waals surface area contributed by atoms with E-state index < -0.39 is 0 Å². The summed E-state index contributed by atoms with van der Waals surface area (Å²) >= 11 is 0. The molecule has 0 saturated carbocycles. The highest BCUT2D eigenvalue weighted by atomic mass is 16.5. The molecule has 0 aliphatic rings.